The standard InChI is InChI=1S/C34H26F2N6/c1-4-21(18-25(5-2)38-20(3)22-10-7-6-8-11-22)31-30(36)29-28(19-37-31)41-42-33(29)34-39-27-13-9-12-26(32(27)40-34)23-14-16-24(35)17-15-23/h4-19,38H,2-3H2,1H3,(H,39,40)(H,41,42)/b21-4+,25-18+. The second-order valence-electron chi connectivity index (χ2n) is 9.59. The molecule has 42 heavy (non-hydrogen) atoms. The van der Waals surface area contributed by atoms with Crippen molar-refractivity contribution in [2.24, 2.45) is 0 Å². The van der Waals surface area contributed by atoms with Crippen molar-refractivity contribution in [2.75, 3.05) is 0 Å². The second-order valence-corrected chi connectivity index (χ2v) is 9.59. The summed E-state index contributed by atoms with van der Waals surface area (Å²) in [4.78, 5) is 12.5. The molecule has 3 aromatic heterocycles. The fourth-order valence-corrected chi connectivity index (χ4v) is 4.84. The van der Waals surface area contributed by atoms with E-state index in [1.807, 2.05) is 55.5 Å². The van der Waals surface area contributed by atoms with Crippen molar-refractivity contribution < 1.29 is 8.78 Å². The lowest BCUT2D eigenvalue weighted by Gasteiger charge is -2.12. The number of pyridine rings is 1. The number of H-pyrrole nitrogens is 2. The molecule has 6 nitrogen and oxygen atoms in total. The third-order valence-electron chi connectivity index (χ3n) is 6.97. The minimum absolute atomic E-state index is 0.155. The van der Waals surface area contributed by atoms with Crippen LogP contribution in [0.3, 0.4) is 0 Å². The predicted molar refractivity (Wildman–Crippen MR) is 165 cm³/mol. The fourth-order valence-electron chi connectivity index (χ4n) is 4.84. The van der Waals surface area contributed by atoms with E-state index in [0.29, 0.717) is 39.5 Å². The summed E-state index contributed by atoms with van der Waals surface area (Å²) in [5, 5.41) is 10.8. The first kappa shape index (κ1) is 26.6. The Balaban J connectivity index is 1.39. The Hall–Kier alpha value is -5.63. The van der Waals surface area contributed by atoms with Gasteiger partial charge in [0.15, 0.2) is 11.6 Å². The lowest BCUT2D eigenvalue weighted by Crippen LogP contribution is -2.09. The number of halogens is 2. The summed E-state index contributed by atoms with van der Waals surface area (Å²) in [6.07, 6.45) is 6.75. The van der Waals surface area contributed by atoms with Gasteiger partial charge in [0.05, 0.1) is 28.1 Å². The summed E-state index contributed by atoms with van der Waals surface area (Å²) in [6.45, 7) is 9.83. The Labute approximate surface area is 240 Å². The number of benzene rings is 3. The normalized spacial score (nSPS) is 12.2. The zero-order valence-corrected chi connectivity index (χ0v) is 22.7. The number of rotatable bonds is 8. The molecule has 206 valence electrons. The number of aromatic nitrogens is 5. The minimum atomic E-state index is -0.537. The van der Waals surface area contributed by atoms with Gasteiger partial charge in [-0.1, -0.05) is 73.8 Å². The molecule has 3 N–H and O–H groups in total. The van der Waals surface area contributed by atoms with Crippen LogP contribution >= 0.6 is 0 Å². The molecule has 0 amide bonds. The molecule has 0 unspecified atom stereocenters. The van der Waals surface area contributed by atoms with Crippen molar-refractivity contribution in [3.05, 3.63) is 139 Å². The van der Waals surface area contributed by atoms with Crippen LogP contribution in [-0.4, -0.2) is 25.1 Å². The van der Waals surface area contributed by atoms with Crippen molar-refractivity contribution in [1.82, 2.24) is 30.5 Å². The van der Waals surface area contributed by atoms with E-state index in [0.717, 1.165) is 22.2 Å². The molecular weight excluding hydrogens is 530 g/mol. The van der Waals surface area contributed by atoms with Gasteiger partial charge >= 0.3 is 0 Å². The Kier molecular flexibility index (Phi) is 7.02. The molecule has 6 rings (SSSR count). The highest BCUT2D eigenvalue weighted by Gasteiger charge is 2.21. The van der Waals surface area contributed by atoms with Gasteiger partial charge in [0.1, 0.15) is 17.2 Å². The van der Waals surface area contributed by atoms with Crippen LogP contribution in [0.25, 0.3) is 55.9 Å². The highest BCUT2D eigenvalue weighted by Crippen LogP contribution is 2.34. The summed E-state index contributed by atoms with van der Waals surface area (Å²) < 4.78 is 29.8. The third kappa shape index (κ3) is 4.90. The largest absolute Gasteiger partial charge is 0.356 e. The lowest BCUT2D eigenvalue weighted by molar-refractivity contribution is 0.628. The van der Waals surface area contributed by atoms with Crippen LogP contribution in [0.2, 0.25) is 0 Å². The van der Waals surface area contributed by atoms with Crippen LogP contribution in [0, 0.1) is 11.6 Å². The van der Waals surface area contributed by atoms with Crippen molar-refractivity contribution in [3.8, 4) is 22.6 Å². The maximum atomic E-state index is 16.3. The van der Waals surface area contributed by atoms with Gasteiger partial charge in [-0.05, 0) is 48.4 Å². The molecule has 0 aliphatic heterocycles. The van der Waals surface area contributed by atoms with E-state index in [1.165, 1.54) is 12.1 Å². The molecule has 0 radical (unpaired) electrons. The Morgan fingerprint density at radius 3 is 2.48 bits per heavy atom. The highest BCUT2D eigenvalue weighted by atomic mass is 19.1. The Morgan fingerprint density at radius 2 is 1.74 bits per heavy atom. The van der Waals surface area contributed by atoms with E-state index in [9.17, 15) is 4.39 Å². The van der Waals surface area contributed by atoms with Crippen LogP contribution < -0.4 is 5.32 Å². The first-order valence-electron chi connectivity index (χ1n) is 13.3. The average Bonchev–Trinajstić information content (AvgIpc) is 3.65. The number of nitrogens with one attached hydrogen (secondary N) is 3. The molecule has 3 heterocycles. The SMILES string of the molecule is C=C/C(=C\C(=C/C)c1ncc2[nH]nc(-c3nc4c(-c5ccc(F)cc5)cccc4[nH]3)c2c1F)NC(=C)c1ccccc1. The number of aromatic amines is 2. The van der Waals surface area contributed by atoms with E-state index in [-0.39, 0.29) is 16.9 Å². The highest BCUT2D eigenvalue weighted by molar-refractivity contribution is 5.98. The van der Waals surface area contributed by atoms with Crippen LogP contribution in [-0.2, 0) is 0 Å². The zero-order valence-electron chi connectivity index (χ0n) is 22.7. The van der Waals surface area contributed by atoms with Crippen molar-refractivity contribution in [1.29, 1.82) is 0 Å². The molecule has 3 aromatic carbocycles. The van der Waals surface area contributed by atoms with E-state index >= 15 is 4.39 Å². The van der Waals surface area contributed by atoms with Crippen molar-refractivity contribution >= 4 is 33.2 Å². The van der Waals surface area contributed by atoms with Crippen LogP contribution in [0.1, 0.15) is 18.2 Å². The molecule has 0 aliphatic carbocycles. The average molecular weight is 557 g/mol. The molecule has 0 saturated carbocycles. The first-order chi connectivity index (χ1) is 20.5. The number of nitrogens with zero attached hydrogens (tertiary/aromatic N) is 3. The quantitative estimate of drug-likeness (QED) is 0.165. The van der Waals surface area contributed by atoms with Gasteiger partial charge in [-0.25, -0.2) is 13.8 Å². The van der Waals surface area contributed by atoms with Gasteiger partial charge in [-0.15, -0.1) is 0 Å². The van der Waals surface area contributed by atoms with Crippen LogP contribution in [0.5, 0.6) is 0 Å². The van der Waals surface area contributed by atoms with Crippen LogP contribution in [0.4, 0.5) is 8.78 Å². The maximum Gasteiger partial charge on any atom is 0.161 e. The molecule has 0 bridgehead atoms. The zero-order chi connectivity index (χ0) is 29.2. The van der Waals surface area contributed by atoms with E-state index in [4.69, 9.17) is 4.98 Å². The number of imidazole rings is 1. The number of hydrogen-bond acceptors (Lipinski definition) is 4. The molecule has 0 atom stereocenters. The molecule has 0 saturated heterocycles. The Bertz CT molecular complexity index is 2010. The molecule has 0 fully saturated rings. The molecule has 0 aliphatic rings. The first-order valence-corrected chi connectivity index (χ1v) is 13.3. The molecular formula is C34H26F2N6. The van der Waals surface area contributed by atoms with E-state index in [1.54, 1.807) is 36.6 Å². The molecule has 6 aromatic rings. The minimum Gasteiger partial charge on any atom is -0.356 e. The Morgan fingerprint density at radius 1 is 0.952 bits per heavy atom. The monoisotopic (exact) mass is 556 g/mol. The third-order valence-corrected chi connectivity index (χ3v) is 6.97. The summed E-state index contributed by atoms with van der Waals surface area (Å²) >= 11 is 0. The van der Waals surface area contributed by atoms with Gasteiger partial charge < -0.3 is 10.3 Å². The van der Waals surface area contributed by atoms with Gasteiger partial charge in [0, 0.05) is 22.5 Å². The smallest absolute Gasteiger partial charge is 0.161 e. The topological polar surface area (TPSA) is 82.3 Å². The van der Waals surface area contributed by atoms with Gasteiger partial charge in [0.25, 0.3) is 0 Å². The molecule has 0 spiro atoms. The number of fused-ring (bicyclic) bond motifs is 2. The van der Waals surface area contributed by atoms with Crippen molar-refractivity contribution in [2.45, 2.75) is 6.92 Å². The summed E-state index contributed by atoms with van der Waals surface area (Å²) in [7, 11) is 0. The predicted octanol–water partition coefficient (Wildman–Crippen LogP) is 8.18. The number of para-hydroxylation sites is 1. The van der Waals surface area contributed by atoms with E-state index in [2.05, 4.69) is 38.6 Å². The summed E-state index contributed by atoms with van der Waals surface area (Å²) in [5.74, 6) is -0.457. The van der Waals surface area contributed by atoms with Gasteiger partial charge in [-0.3, -0.25) is 10.1 Å². The van der Waals surface area contributed by atoms with Gasteiger partial charge in [0.2, 0.25) is 0 Å². The second kappa shape index (κ2) is 11.1. The fraction of sp³-hybridized carbons (Fsp3) is 0.0294. The number of allylic oxidation sites excluding steroid dienone is 4. The molecule has 8 heteroatoms. The lowest BCUT2D eigenvalue weighted by atomic mass is 10.0. The van der Waals surface area contributed by atoms with Crippen molar-refractivity contribution in [3.63, 3.8) is 0 Å². The number of hydrogen-bond donors (Lipinski definition) is 3. The van der Waals surface area contributed by atoms with Crippen LogP contribution in [0.15, 0.2) is 116 Å². The summed E-state index contributed by atoms with van der Waals surface area (Å²) in [5.41, 5.74) is 6.76. The maximum absolute atomic E-state index is 16.3. The van der Waals surface area contributed by atoms with E-state index < -0.39 is 5.82 Å². The summed E-state index contributed by atoms with van der Waals surface area (Å²) in [6, 6.07) is 21.6. The van der Waals surface area contributed by atoms with Gasteiger partial charge in [-0.2, -0.15) is 5.10 Å².